The molecule has 0 radical (unpaired) electrons. The number of hydrogen-bond acceptors (Lipinski definition) is 5. The highest BCUT2D eigenvalue weighted by Gasteiger charge is 2.52. The zero-order chi connectivity index (χ0) is 15.0. The van der Waals surface area contributed by atoms with Crippen LogP contribution in [0.15, 0.2) is 0 Å². The van der Waals surface area contributed by atoms with Crippen molar-refractivity contribution in [3.05, 3.63) is 0 Å². The summed E-state index contributed by atoms with van der Waals surface area (Å²) in [5.74, 6) is -0.942. The van der Waals surface area contributed by atoms with Crippen LogP contribution in [0.4, 0.5) is 0 Å². The van der Waals surface area contributed by atoms with E-state index in [1.165, 1.54) is 6.92 Å². The van der Waals surface area contributed by atoms with Crippen molar-refractivity contribution in [3.8, 4) is 0 Å². The molecule has 5 nitrogen and oxygen atoms in total. The molecule has 0 aromatic rings. The first-order chi connectivity index (χ1) is 8.45. The average Bonchev–Trinajstić information content (AvgIpc) is 2.39. The molecule has 0 spiro atoms. The van der Waals surface area contributed by atoms with Gasteiger partial charge in [-0.15, -0.1) is 0 Å². The second-order valence-electron chi connectivity index (χ2n) is 6.74. The highest BCUT2D eigenvalue weighted by molar-refractivity contribution is 5.82. The van der Waals surface area contributed by atoms with Crippen LogP contribution in [0.25, 0.3) is 0 Å². The lowest BCUT2D eigenvalue weighted by molar-refractivity contribution is -0.157. The number of ketones is 1. The Labute approximate surface area is 114 Å². The fraction of sp³-hybridized carbons (Fsp3) is 0.857. The predicted molar refractivity (Wildman–Crippen MR) is 69.3 cm³/mol. The van der Waals surface area contributed by atoms with E-state index in [0.717, 1.165) is 0 Å². The average molecular weight is 272 g/mol. The number of Topliss-reactive ketones (excluding diaryl/α,β-unsaturated/α-hetero) is 1. The molecule has 0 saturated carbocycles. The zero-order valence-electron chi connectivity index (χ0n) is 12.5. The van der Waals surface area contributed by atoms with E-state index in [1.54, 1.807) is 34.6 Å². The van der Waals surface area contributed by atoms with Crippen LogP contribution in [0.1, 0.15) is 48.0 Å². The van der Waals surface area contributed by atoms with E-state index in [0.29, 0.717) is 0 Å². The molecule has 110 valence electrons. The summed E-state index contributed by atoms with van der Waals surface area (Å²) >= 11 is 0. The third-order valence-corrected chi connectivity index (χ3v) is 3.44. The first kappa shape index (κ1) is 16.1. The van der Waals surface area contributed by atoms with E-state index in [2.05, 4.69) is 0 Å². The number of carbonyl (C=O) groups is 2. The Hall–Kier alpha value is -0.940. The van der Waals surface area contributed by atoms with Crippen LogP contribution in [0.3, 0.4) is 0 Å². The van der Waals surface area contributed by atoms with Crippen LogP contribution in [0.5, 0.6) is 0 Å². The number of rotatable bonds is 3. The molecule has 0 aliphatic carbocycles. The lowest BCUT2D eigenvalue weighted by Gasteiger charge is -2.29. The van der Waals surface area contributed by atoms with Gasteiger partial charge in [-0.1, -0.05) is 13.8 Å². The van der Waals surface area contributed by atoms with Gasteiger partial charge in [0.2, 0.25) is 0 Å². The maximum Gasteiger partial charge on any atom is 0.306 e. The highest BCUT2D eigenvalue weighted by Crippen LogP contribution is 2.44. The van der Waals surface area contributed by atoms with Gasteiger partial charge in [0.25, 0.3) is 0 Å². The van der Waals surface area contributed by atoms with Crippen molar-refractivity contribution in [2.45, 2.75) is 66.0 Å². The summed E-state index contributed by atoms with van der Waals surface area (Å²) in [6.45, 7) is 10.3. The molecule has 1 aliphatic heterocycles. The van der Waals surface area contributed by atoms with Crippen LogP contribution in [-0.4, -0.2) is 34.9 Å². The highest BCUT2D eigenvalue weighted by atomic mass is 16.6. The summed E-state index contributed by atoms with van der Waals surface area (Å²) < 4.78 is 10.5. The van der Waals surface area contributed by atoms with Crippen molar-refractivity contribution in [1.82, 2.24) is 0 Å². The molecule has 0 amide bonds. The van der Waals surface area contributed by atoms with Gasteiger partial charge in [0.15, 0.2) is 12.1 Å². The summed E-state index contributed by atoms with van der Waals surface area (Å²) in [6.07, 6.45) is -1.74. The van der Waals surface area contributed by atoms with Crippen LogP contribution >= 0.6 is 0 Å². The summed E-state index contributed by atoms with van der Waals surface area (Å²) in [7, 11) is 0. The molecule has 19 heavy (non-hydrogen) atoms. The Bertz CT molecular complexity index is 367. The van der Waals surface area contributed by atoms with Gasteiger partial charge in [-0.2, -0.15) is 0 Å². The molecule has 1 heterocycles. The van der Waals surface area contributed by atoms with Gasteiger partial charge >= 0.3 is 5.97 Å². The standard InChI is InChI=1S/C14H24O5/c1-8(15)11-9(14(5,6)12(17)18-11)7-10(16)19-13(2,3)4/h9,11-12,17H,7H2,1-6H3. The normalized spacial score (nSPS) is 30.2. The van der Waals surface area contributed by atoms with Gasteiger partial charge in [0.1, 0.15) is 11.7 Å². The van der Waals surface area contributed by atoms with Crippen molar-refractivity contribution in [3.63, 3.8) is 0 Å². The number of hydrogen-bond donors (Lipinski definition) is 1. The summed E-state index contributed by atoms with van der Waals surface area (Å²) in [5.41, 5.74) is -1.22. The largest absolute Gasteiger partial charge is 0.460 e. The van der Waals surface area contributed by atoms with E-state index in [9.17, 15) is 14.7 Å². The van der Waals surface area contributed by atoms with Gasteiger partial charge in [-0.3, -0.25) is 9.59 Å². The minimum absolute atomic E-state index is 0.0611. The van der Waals surface area contributed by atoms with Crippen LogP contribution in [-0.2, 0) is 19.1 Å². The van der Waals surface area contributed by atoms with Gasteiger partial charge in [0.05, 0.1) is 6.42 Å². The summed E-state index contributed by atoms with van der Waals surface area (Å²) in [5, 5.41) is 9.87. The molecule has 1 fully saturated rings. The minimum Gasteiger partial charge on any atom is -0.460 e. The van der Waals surface area contributed by atoms with Crippen LogP contribution in [0, 0.1) is 11.3 Å². The van der Waals surface area contributed by atoms with Crippen LogP contribution in [0.2, 0.25) is 0 Å². The van der Waals surface area contributed by atoms with E-state index < -0.39 is 23.4 Å². The van der Waals surface area contributed by atoms with Crippen molar-refractivity contribution in [1.29, 1.82) is 0 Å². The predicted octanol–water partition coefficient (Wildman–Crippen LogP) is 1.67. The minimum atomic E-state index is -1.05. The maximum atomic E-state index is 11.9. The molecule has 5 heteroatoms. The van der Waals surface area contributed by atoms with E-state index in [4.69, 9.17) is 9.47 Å². The molecule has 1 N–H and O–H groups in total. The Morgan fingerprint density at radius 3 is 2.26 bits per heavy atom. The van der Waals surface area contributed by atoms with Gasteiger partial charge < -0.3 is 14.6 Å². The third-order valence-electron chi connectivity index (χ3n) is 3.44. The van der Waals surface area contributed by atoms with Crippen molar-refractivity contribution in [2.24, 2.45) is 11.3 Å². The molecule has 1 saturated heterocycles. The molecular weight excluding hydrogens is 248 g/mol. The Morgan fingerprint density at radius 1 is 1.32 bits per heavy atom. The van der Waals surface area contributed by atoms with Gasteiger partial charge in [-0.05, 0) is 27.7 Å². The molecule has 3 unspecified atom stereocenters. The Kier molecular flexibility index (Phi) is 4.42. The fourth-order valence-electron chi connectivity index (χ4n) is 2.29. The number of carbonyl (C=O) groups excluding carboxylic acids is 2. The second kappa shape index (κ2) is 5.21. The Balaban J connectivity index is 2.83. The monoisotopic (exact) mass is 272 g/mol. The first-order valence-electron chi connectivity index (χ1n) is 6.51. The number of ether oxygens (including phenoxy) is 2. The van der Waals surface area contributed by atoms with Gasteiger partial charge in [-0.25, -0.2) is 0 Å². The van der Waals surface area contributed by atoms with Crippen molar-refractivity contribution < 1.29 is 24.2 Å². The number of aliphatic hydroxyl groups is 1. The quantitative estimate of drug-likeness (QED) is 0.791. The Morgan fingerprint density at radius 2 is 1.84 bits per heavy atom. The van der Waals surface area contributed by atoms with Crippen molar-refractivity contribution in [2.75, 3.05) is 0 Å². The molecule has 0 bridgehead atoms. The summed E-state index contributed by atoms with van der Waals surface area (Å²) in [4.78, 5) is 23.5. The molecule has 1 rings (SSSR count). The topological polar surface area (TPSA) is 72.8 Å². The summed E-state index contributed by atoms with van der Waals surface area (Å²) in [6, 6.07) is 0. The fourth-order valence-corrected chi connectivity index (χ4v) is 2.29. The third kappa shape index (κ3) is 3.76. The molecule has 0 aromatic heterocycles. The molecule has 0 aromatic carbocycles. The van der Waals surface area contributed by atoms with Crippen LogP contribution < -0.4 is 0 Å². The maximum absolute atomic E-state index is 11.9. The van der Waals surface area contributed by atoms with Gasteiger partial charge in [0, 0.05) is 11.3 Å². The zero-order valence-corrected chi connectivity index (χ0v) is 12.5. The molecule has 1 aliphatic rings. The van der Waals surface area contributed by atoms with E-state index in [-0.39, 0.29) is 24.1 Å². The number of esters is 1. The number of aliphatic hydroxyl groups excluding tert-OH is 1. The first-order valence-corrected chi connectivity index (χ1v) is 6.51. The lowest BCUT2D eigenvalue weighted by atomic mass is 9.75. The van der Waals surface area contributed by atoms with Crippen molar-refractivity contribution >= 4 is 11.8 Å². The smallest absolute Gasteiger partial charge is 0.306 e. The van der Waals surface area contributed by atoms with E-state index >= 15 is 0 Å². The molecular formula is C14H24O5. The second-order valence-corrected chi connectivity index (χ2v) is 6.74. The molecule has 3 atom stereocenters. The SMILES string of the molecule is CC(=O)C1OC(O)C(C)(C)C1CC(=O)OC(C)(C)C. The van der Waals surface area contributed by atoms with E-state index in [1.807, 2.05) is 0 Å². The lowest BCUT2D eigenvalue weighted by Crippen LogP contribution is -2.36.